The maximum atomic E-state index is 16.2. The van der Waals surface area contributed by atoms with Gasteiger partial charge in [-0.15, -0.1) is 0 Å². The maximum absolute atomic E-state index is 16.2. The van der Waals surface area contributed by atoms with E-state index >= 15 is 8.78 Å². The first-order valence-electron chi connectivity index (χ1n) is 25.0. The molecule has 2 aromatic heterocycles. The van der Waals surface area contributed by atoms with Crippen molar-refractivity contribution < 1.29 is 59.8 Å². The van der Waals surface area contributed by atoms with Crippen LogP contribution in [0.15, 0.2) is 73.1 Å². The van der Waals surface area contributed by atoms with Gasteiger partial charge in [0.2, 0.25) is 17.6 Å². The molecule has 5 aliphatic rings. The summed E-state index contributed by atoms with van der Waals surface area (Å²) in [6.07, 6.45) is 2.93. The van der Waals surface area contributed by atoms with Crippen LogP contribution in [0.2, 0.25) is 0 Å². The van der Waals surface area contributed by atoms with Crippen LogP contribution in [0.5, 0.6) is 0 Å². The average molecular weight is 1060 g/mol. The summed E-state index contributed by atoms with van der Waals surface area (Å²) in [5.41, 5.74) is 3.06. The number of ether oxygens (including phenoxy) is 3. The van der Waals surface area contributed by atoms with E-state index in [1.165, 1.54) is 17.9 Å². The number of halogens is 3. The van der Waals surface area contributed by atoms with Gasteiger partial charge < -0.3 is 28.9 Å². The lowest BCUT2D eigenvalue weighted by molar-refractivity contribution is -0.136. The predicted molar refractivity (Wildman–Crippen MR) is 269 cm³/mol. The minimum Gasteiger partial charge on any atom is -0.432 e. The molecule has 0 bridgehead atoms. The molecule has 2 atom stereocenters. The Balaban J connectivity index is 0.778. The van der Waals surface area contributed by atoms with E-state index in [4.69, 9.17) is 14.2 Å². The van der Waals surface area contributed by atoms with Crippen molar-refractivity contribution in [2.45, 2.75) is 57.6 Å². The molecule has 4 saturated heterocycles. The van der Waals surface area contributed by atoms with Gasteiger partial charge in [-0.05, 0) is 91.3 Å². The third-order valence-corrected chi connectivity index (χ3v) is 16.2. The fourth-order valence-corrected chi connectivity index (χ4v) is 11.9. The number of alkyl halides is 1. The molecule has 5 aliphatic heterocycles. The molecule has 5 aromatic rings. The molecule has 75 heavy (non-hydrogen) atoms. The number of piperidine rings is 2. The topological polar surface area (TPSA) is 205 Å². The number of piperazine rings is 1. The number of nitrogens with one attached hydrogen (secondary N) is 2. The number of rotatable bonds is 16. The first-order valence-corrected chi connectivity index (χ1v) is 26.4. The third kappa shape index (κ3) is 10.9. The van der Waals surface area contributed by atoms with Gasteiger partial charge in [0.25, 0.3) is 5.91 Å². The van der Waals surface area contributed by atoms with E-state index in [9.17, 15) is 36.8 Å². The van der Waals surface area contributed by atoms with Crippen LogP contribution in [-0.4, -0.2) is 153 Å². The van der Waals surface area contributed by atoms with Gasteiger partial charge in [0, 0.05) is 119 Å². The molecule has 3 aromatic carbocycles. The van der Waals surface area contributed by atoms with Crippen LogP contribution < -0.4 is 19.8 Å². The van der Waals surface area contributed by atoms with E-state index < -0.39 is 76.4 Å². The molecule has 1 unspecified atom stereocenters. The van der Waals surface area contributed by atoms with Crippen LogP contribution in [0.25, 0.3) is 22.2 Å². The Morgan fingerprint density at radius 2 is 1.59 bits per heavy atom. The zero-order chi connectivity index (χ0) is 52.5. The molecular formula is C52H56F3N9O10S. The van der Waals surface area contributed by atoms with Crippen LogP contribution in [0.3, 0.4) is 0 Å². The number of pyridine rings is 1. The van der Waals surface area contributed by atoms with E-state index in [0.29, 0.717) is 30.0 Å². The number of imide groups is 1. The van der Waals surface area contributed by atoms with E-state index in [1.807, 2.05) is 41.1 Å². The zero-order valence-corrected chi connectivity index (χ0v) is 42.0. The monoisotopic (exact) mass is 1060 g/mol. The molecule has 0 saturated carbocycles. The van der Waals surface area contributed by atoms with Gasteiger partial charge in [0.05, 0.1) is 23.4 Å². The molecule has 19 nitrogen and oxygen atoms in total. The second-order valence-corrected chi connectivity index (χ2v) is 21.1. The van der Waals surface area contributed by atoms with E-state index in [-0.39, 0.29) is 61.0 Å². The summed E-state index contributed by atoms with van der Waals surface area (Å²) in [6.45, 7) is 5.53. The highest BCUT2D eigenvalue weighted by Crippen LogP contribution is 2.35. The second kappa shape index (κ2) is 21.6. The van der Waals surface area contributed by atoms with Gasteiger partial charge in [-0.3, -0.25) is 38.7 Å². The summed E-state index contributed by atoms with van der Waals surface area (Å²) in [7, 11) is -3.02. The predicted octanol–water partition coefficient (Wildman–Crippen LogP) is 5.47. The van der Waals surface area contributed by atoms with Gasteiger partial charge >= 0.3 is 16.4 Å². The number of benzene rings is 3. The van der Waals surface area contributed by atoms with Crippen molar-refractivity contribution in [1.29, 1.82) is 0 Å². The number of nitrogens with zero attached hydrogens (tertiary/aromatic N) is 7. The first-order chi connectivity index (χ1) is 36.1. The average Bonchev–Trinajstić information content (AvgIpc) is 4.11. The maximum Gasteiger partial charge on any atom is 0.510 e. The smallest absolute Gasteiger partial charge is 0.432 e. The first kappa shape index (κ1) is 51.4. The summed E-state index contributed by atoms with van der Waals surface area (Å²) >= 11 is 0. The fraction of sp³-hybridized carbons (Fsp3) is 0.423. The summed E-state index contributed by atoms with van der Waals surface area (Å²) in [6, 6.07) is 16.4. The van der Waals surface area contributed by atoms with E-state index in [1.54, 1.807) is 17.2 Å². The van der Waals surface area contributed by atoms with E-state index in [2.05, 4.69) is 31.1 Å². The largest absolute Gasteiger partial charge is 0.510 e. The van der Waals surface area contributed by atoms with Crippen LogP contribution in [0, 0.1) is 17.6 Å². The van der Waals surface area contributed by atoms with Crippen molar-refractivity contribution in [3.8, 4) is 11.1 Å². The number of methoxy groups -OCH3 is 1. The van der Waals surface area contributed by atoms with Crippen LogP contribution in [0.1, 0.15) is 63.9 Å². The quantitative estimate of drug-likeness (QED) is 0.0545. The van der Waals surface area contributed by atoms with Crippen molar-refractivity contribution in [2.24, 2.45) is 5.92 Å². The third-order valence-electron chi connectivity index (χ3n) is 14.7. The van der Waals surface area contributed by atoms with Crippen LogP contribution in [-0.2, 0) is 47.3 Å². The van der Waals surface area contributed by atoms with Crippen molar-refractivity contribution in [1.82, 2.24) is 29.0 Å². The Hall–Kier alpha value is -7.08. The SMILES string of the molecule is COCCOC(=O)OCn1cc(C(=O)c2c(F)ccc(NS(=O)(=O)N3CC[C@@H](F)C3)c2F)c2cc(-c3ccc(N4CCN(CC5CCN(c6ccc7c(c6)CN(C6CCC(=O)NC6=O)C7=O)CC5)CC4)cc3)cnc21. The number of carbonyl (C=O) groups is 5. The normalized spacial score (nSPS) is 19.9. The fourth-order valence-electron chi connectivity index (χ4n) is 10.6. The van der Waals surface area contributed by atoms with Crippen LogP contribution in [0.4, 0.5) is 35.0 Å². The summed E-state index contributed by atoms with van der Waals surface area (Å²) in [5, 5.41) is 2.52. The van der Waals surface area contributed by atoms with Crippen molar-refractivity contribution >= 4 is 68.0 Å². The lowest BCUT2D eigenvalue weighted by Crippen LogP contribution is -2.52. The highest BCUT2D eigenvalue weighted by molar-refractivity contribution is 7.90. The van der Waals surface area contributed by atoms with E-state index in [0.717, 1.165) is 97.6 Å². The highest BCUT2D eigenvalue weighted by atomic mass is 32.2. The van der Waals surface area contributed by atoms with Crippen molar-refractivity contribution in [3.63, 3.8) is 0 Å². The minimum absolute atomic E-state index is 0.0401. The molecule has 2 N–H and O–H groups in total. The minimum atomic E-state index is -4.45. The molecule has 396 valence electrons. The molecule has 3 amide bonds. The molecular weight excluding hydrogens is 1000 g/mol. The second-order valence-electron chi connectivity index (χ2n) is 19.4. The summed E-state index contributed by atoms with van der Waals surface area (Å²) in [5.74, 6) is -4.24. The standard InChI is InChI=1S/C52H56F3N9O10S/c1-72-22-23-73-52(69)74-31-62-30-41(48(66)46-42(54)8-9-43(47(46)55)58-75(70,71)63-17-14-36(53)29-63)40-25-34(26-56-49(40)62)33-2-4-37(5-3-33)61-20-18-59(19-21-61)27-32-12-15-60(16-13-32)38-6-7-39-35(24-38)28-64(51(39)68)44-10-11-45(65)57-50(44)67/h2-9,24-26,30,32,36,44,58H,10-23,27-29,31H2,1H3,(H,57,65,67)/t36-,44?/m1/s1. The summed E-state index contributed by atoms with van der Waals surface area (Å²) < 4.78 is 90.9. The number of amides is 3. The molecule has 7 heterocycles. The number of ketones is 1. The number of carbonyl (C=O) groups excluding carboxylic acids is 5. The van der Waals surface area contributed by atoms with Gasteiger partial charge in [-0.25, -0.2) is 22.9 Å². The Kier molecular flexibility index (Phi) is 14.8. The molecule has 4 fully saturated rings. The van der Waals surface area contributed by atoms with Crippen molar-refractivity contribution in [3.05, 3.63) is 107 Å². The number of anilines is 3. The lowest BCUT2D eigenvalue weighted by Gasteiger charge is -2.40. The Bertz CT molecular complexity index is 3150. The van der Waals surface area contributed by atoms with Gasteiger partial charge in [-0.2, -0.15) is 12.7 Å². The molecule has 23 heteroatoms. The Morgan fingerprint density at radius 3 is 2.31 bits per heavy atom. The lowest BCUT2D eigenvalue weighted by atomic mass is 9.95. The van der Waals surface area contributed by atoms with Crippen LogP contribution >= 0.6 is 0 Å². The molecule has 10 rings (SSSR count). The number of aromatic nitrogens is 2. The van der Waals surface area contributed by atoms with Gasteiger partial charge in [0.15, 0.2) is 12.5 Å². The molecule has 0 aliphatic carbocycles. The highest BCUT2D eigenvalue weighted by Gasteiger charge is 2.40. The van der Waals surface area contributed by atoms with Crippen molar-refractivity contribution in [2.75, 3.05) is 93.7 Å². The van der Waals surface area contributed by atoms with Gasteiger partial charge in [-0.1, -0.05) is 12.1 Å². The number of hydrogen-bond acceptors (Lipinski definition) is 14. The number of fused-ring (bicyclic) bond motifs is 2. The Labute approximate surface area is 430 Å². The Morgan fingerprint density at radius 1 is 0.840 bits per heavy atom. The summed E-state index contributed by atoms with van der Waals surface area (Å²) in [4.78, 5) is 77.4. The van der Waals surface area contributed by atoms with Gasteiger partial charge in [0.1, 0.15) is 30.3 Å². The number of hydrogen-bond donors (Lipinski definition) is 2. The molecule has 0 spiro atoms. The zero-order valence-electron chi connectivity index (χ0n) is 41.1. The molecule has 0 radical (unpaired) electrons.